The molecule has 1 aliphatic heterocycles. The normalized spacial score (nSPS) is 18.5. The van der Waals surface area contributed by atoms with Crippen LogP contribution in [0.25, 0.3) is 5.76 Å². The molecule has 7 nitrogen and oxygen atoms in total. The number of aliphatic hydroxyl groups is 1. The Morgan fingerprint density at radius 3 is 2.14 bits per heavy atom. The molecule has 1 aliphatic carbocycles. The molecule has 2 N–H and O–H groups in total. The van der Waals surface area contributed by atoms with Crippen LogP contribution in [0, 0.1) is 5.41 Å². The van der Waals surface area contributed by atoms with Crippen molar-refractivity contribution in [2.75, 3.05) is 26.2 Å². The maximum Gasteiger partial charge on any atom is 0.418 e. The smallest absolute Gasteiger partial charge is 0.418 e. The third-order valence-corrected chi connectivity index (χ3v) is 7.53. The van der Waals surface area contributed by atoms with Crippen molar-refractivity contribution in [3.8, 4) is 17.2 Å². The van der Waals surface area contributed by atoms with Crippen molar-refractivity contribution in [3.05, 3.63) is 100 Å². The van der Waals surface area contributed by atoms with Gasteiger partial charge in [0.2, 0.25) is 5.75 Å². The Balaban J connectivity index is 1.89. The first-order chi connectivity index (χ1) is 20.1. The Bertz CT molecular complexity index is 1590. The number of alkyl halides is 3. The minimum absolute atomic E-state index is 0.0264. The molecule has 42 heavy (non-hydrogen) atoms. The number of nitrogens with zero attached hydrogens (tertiary/aromatic N) is 1. The number of carbonyl (C=O) groups excluding carboxylic acids is 1. The summed E-state index contributed by atoms with van der Waals surface area (Å²) in [5.74, 6) is -1.13. The van der Waals surface area contributed by atoms with Crippen molar-refractivity contribution >= 4 is 23.1 Å². The number of halogens is 3. The first-order valence-electron chi connectivity index (χ1n) is 13.2. The summed E-state index contributed by atoms with van der Waals surface area (Å²) in [5.41, 5.74) is 0.00588. The van der Waals surface area contributed by atoms with Crippen molar-refractivity contribution in [3.63, 3.8) is 0 Å². The number of amidine groups is 1. The molecule has 218 valence electrons. The van der Waals surface area contributed by atoms with E-state index in [0.717, 1.165) is 11.0 Å². The first kappa shape index (κ1) is 28.8. The van der Waals surface area contributed by atoms with Crippen LogP contribution in [-0.4, -0.2) is 38.1 Å². The van der Waals surface area contributed by atoms with Crippen molar-refractivity contribution < 1.29 is 37.3 Å². The Hall–Kier alpha value is -4.73. The average molecular weight is 579 g/mol. The number of nitrogens with one attached hydrogen (secondary N) is 1. The highest BCUT2D eigenvalue weighted by Crippen LogP contribution is 2.52. The summed E-state index contributed by atoms with van der Waals surface area (Å²) >= 11 is 0. The molecule has 0 fully saturated rings. The number of Topliss-reactive ketones (excluding diaryl/α,β-unsaturated/α-hetero) is 1. The van der Waals surface area contributed by atoms with Crippen LogP contribution in [-0.2, 0) is 11.0 Å². The summed E-state index contributed by atoms with van der Waals surface area (Å²) in [6, 6.07) is 16.6. The fraction of sp³-hybridized carbons (Fsp3) is 0.250. The summed E-state index contributed by atoms with van der Waals surface area (Å²) < 4.78 is 59.3. The highest BCUT2D eigenvalue weighted by Gasteiger charge is 2.46. The molecule has 0 saturated carbocycles. The van der Waals surface area contributed by atoms with Gasteiger partial charge in [-0.2, -0.15) is 13.2 Å². The van der Waals surface area contributed by atoms with Gasteiger partial charge in [0.1, 0.15) is 11.6 Å². The lowest BCUT2D eigenvalue weighted by Crippen LogP contribution is -2.43. The predicted molar refractivity (Wildman–Crippen MR) is 152 cm³/mol. The van der Waals surface area contributed by atoms with E-state index < -0.39 is 17.7 Å². The van der Waals surface area contributed by atoms with Gasteiger partial charge in [-0.25, -0.2) is 0 Å². The number of ketones is 1. The van der Waals surface area contributed by atoms with Crippen molar-refractivity contribution in [1.29, 1.82) is 5.41 Å². The molecule has 0 amide bonds. The number of hydrogen-bond acceptors (Lipinski definition) is 6. The lowest BCUT2D eigenvalue weighted by Gasteiger charge is -2.42. The predicted octanol–water partition coefficient (Wildman–Crippen LogP) is 7.29. The molecule has 0 saturated heterocycles. The Morgan fingerprint density at radius 1 is 0.929 bits per heavy atom. The van der Waals surface area contributed by atoms with Crippen molar-refractivity contribution in [2.24, 2.45) is 0 Å². The van der Waals surface area contributed by atoms with E-state index in [1.807, 2.05) is 0 Å². The molecular weight excluding hydrogens is 549 g/mol. The van der Waals surface area contributed by atoms with Crippen LogP contribution in [0.2, 0.25) is 0 Å². The number of rotatable bonds is 6. The molecule has 0 aromatic heterocycles. The van der Waals surface area contributed by atoms with Gasteiger partial charge in [-0.3, -0.25) is 15.1 Å². The standard InChI is InChI=1S/C32H29F3N2O5/c1-40-24-16-19(17-25(41-2)30(24)42-3)26-27-22(14-9-15-23(27)38)37(21-13-8-7-12-20(21)32(33,34)35)31(36)28(26)29(39)18-10-5-4-6-11-18/h4-8,10-13,16-17,26,36,39H,9,14-15H2,1-3H3/b29-28+,36-31?/t26-/m0/s1. The number of para-hydroxylation sites is 1. The van der Waals surface area contributed by atoms with Crippen LogP contribution >= 0.6 is 0 Å². The van der Waals surface area contributed by atoms with E-state index in [4.69, 9.17) is 14.2 Å². The van der Waals surface area contributed by atoms with Gasteiger partial charge in [-0.15, -0.1) is 0 Å². The zero-order valence-electron chi connectivity index (χ0n) is 23.2. The Labute approximate surface area is 241 Å². The molecule has 0 radical (unpaired) electrons. The van der Waals surface area contributed by atoms with Crippen LogP contribution in [0.15, 0.2) is 83.6 Å². The lowest BCUT2D eigenvalue weighted by atomic mass is 9.73. The molecule has 10 heteroatoms. The fourth-order valence-electron chi connectivity index (χ4n) is 5.72. The number of allylic oxidation sites excluding steroid dienone is 2. The molecule has 3 aromatic carbocycles. The van der Waals surface area contributed by atoms with E-state index in [2.05, 4.69) is 0 Å². The van der Waals surface area contributed by atoms with Gasteiger partial charge in [0.25, 0.3) is 0 Å². The summed E-state index contributed by atoms with van der Waals surface area (Å²) in [4.78, 5) is 14.9. The number of aliphatic hydroxyl groups excluding tert-OH is 1. The van der Waals surface area contributed by atoms with Crippen LogP contribution in [0.4, 0.5) is 18.9 Å². The second kappa shape index (κ2) is 11.3. The van der Waals surface area contributed by atoms with E-state index in [1.54, 1.807) is 42.5 Å². The lowest BCUT2D eigenvalue weighted by molar-refractivity contribution is -0.137. The second-order valence-corrected chi connectivity index (χ2v) is 9.86. The van der Waals surface area contributed by atoms with Crippen molar-refractivity contribution in [2.45, 2.75) is 31.4 Å². The minimum atomic E-state index is -4.73. The van der Waals surface area contributed by atoms with Crippen LogP contribution in [0.1, 0.15) is 41.9 Å². The maximum absolute atomic E-state index is 14.3. The van der Waals surface area contributed by atoms with Gasteiger partial charge in [-0.05, 0) is 42.7 Å². The average Bonchev–Trinajstić information content (AvgIpc) is 2.99. The molecule has 1 atom stereocenters. The third-order valence-electron chi connectivity index (χ3n) is 7.53. The highest BCUT2D eigenvalue weighted by atomic mass is 19.4. The van der Waals surface area contributed by atoms with Crippen molar-refractivity contribution in [1.82, 2.24) is 0 Å². The Kier molecular flexibility index (Phi) is 7.73. The maximum atomic E-state index is 14.3. The van der Waals surface area contributed by atoms with Crippen LogP contribution < -0.4 is 19.1 Å². The molecule has 0 unspecified atom stereocenters. The largest absolute Gasteiger partial charge is 0.507 e. The fourth-order valence-corrected chi connectivity index (χ4v) is 5.72. The van der Waals surface area contributed by atoms with Gasteiger partial charge in [0.05, 0.1) is 32.6 Å². The van der Waals surface area contributed by atoms with Gasteiger partial charge < -0.3 is 19.3 Å². The van der Waals surface area contributed by atoms with Gasteiger partial charge >= 0.3 is 6.18 Å². The third kappa shape index (κ3) is 4.87. The second-order valence-electron chi connectivity index (χ2n) is 9.86. The molecule has 1 heterocycles. The number of hydrogen-bond donors (Lipinski definition) is 2. The van der Waals surface area contributed by atoms with Gasteiger partial charge in [0.15, 0.2) is 17.3 Å². The SMILES string of the molecule is COc1cc([C@H]2C3=C(CCCC3=O)N(c3ccccc3C(F)(F)F)C(=N)/C2=C(/O)c2ccccc2)cc(OC)c1OC. The monoisotopic (exact) mass is 578 g/mol. The van der Waals surface area contributed by atoms with E-state index >= 15 is 0 Å². The summed E-state index contributed by atoms with van der Waals surface area (Å²) in [7, 11) is 4.33. The topological polar surface area (TPSA) is 92.1 Å². The van der Waals surface area contributed by atoms with E-state index in [9.17, 15) is 28.5 Å². The van der Waals surface area contributed by atoms with E-state index in [-0.39, 0.29) is 64.2 Å². The van der Waals surface area contributed by atoms with Crippen LogP contribution in [0.3, 0.4) is 0 Å². The zero-order valence-corrected chi connectivity index (χ0v) is 23.2. The molecule has 0 spiro atoms. The number of ether oxygens (including phenoxy) is 3. The molecule has 2 aliphatic rings. The summed E-state index contributed by atoms with van der Waals surface area (Å²) in [6.07, 6.45) is -3.90. The molecule has 5 rings (SSSR count). The van der Waals surface area contributed by atoms with E-state index in [1.165, 1.54) is 39.5 Å². The molecule has 0 bridgehead atoms. The number of carbonyl (C=O) groups is 1. The molecule has 3 aromatic rings. The summed E-state index contributed by atoms with van der Waals surface area (Å²) in [5, 5.41) is 21.1. The first-order valence-corrected chi connectivity index (χ1v) is 13.2. The number of methoxy groups -OCH3 is 3. The summed E-state index contributed by atoms with van der Waals surface area (Å²) in [6.45, 7) is 0. The Morgan fingerprint density at radius 2 is 1.55 bits per heavy atom. The minimum Gasteiger partial charge on any atom is -0.507 e. The number of benzene rings is 3. The van der Waals surface area contributed by atoms with E-state index in [0.29, 0.717) is 23.3 Å². The quantitative estimate of drug-likeness (QED) is 0.299. The van der Waals surface area contributed by atoms with Gasteiger partial charge in [-0.1, -0.05) is 42.5 Å². The highest BCUT2D eigenvalue weighted by molar-refractivity contribution is 6.20. The molecular formula is C32H29F3N2O5. The van der Waals surface area contributed by atoms with Gasteiger partial charge in [0, 0.05) is 34.7 Å². The zero-order chi connectivity index (χ0) is 30.2. The number of anilines is 1. The van der Waals surface area contributed by atoms with Crippen LogP contribution in [0.5, 0.6) is 17.2 Å².